The van der Waals surface area contributed by atoms with Crippen LogP contribution in [-0.4, -0.2) is 35.7 Å². The Bertz CT molecular complexity index is 821. The number of carbonyl (C=O) groups is 2. The first kappa shape index (κ1) is 15.8. The lowest BCUT2D eigenvalue weighted by atomic mass is 9.92. The molecule has 0 aliphatic heterocycles. The summed E-state index contributed by atoms with van der Waals surface area (Å²) in [6.07, 6.45) is 1.36. The van der Waals surface area contributed by atoms with E-state index < -0.39 is 55.6 Å². The fourth-order valence-electron chi connectivity index (χ4n) is 1.68. The second-order valence-electron chi connectivity index (χ2n) is 4.04. The number of carbonyl (C=O) groups excluding carboxylic acids is 2. The number of rotatable bonds is 2. The minimum atomic E-state index is -6.19. The van der Waals surface area contributed by atoms with Crippen molar-refractivity contribution in [2.24, 2.45) is 0 Å². The molecule has 0 saturated carbocycles. The Balaban J connectivity index is 2.73. The quantitative estimate of drug-likeness (QED) is 0.615. The number of allylic oxidation sites excluding steroid dienone is 2. The van der Waals surface area contributed by atoms with Gasteiger partial charge in [-0.1, -0.05) is 0 Å². The van der Waals surface area contributed by atoms with Crippen LogP contribution in [0.25, 0.3) is 0 Å². The Kier molecular flexibility index (Phi) is 3.40. The summed E-state index contributed by atoms with van der Waals surface area (Å²) in [5.74, 6) is -5.63. The third kappa shape index (κ3) is 2.39. The monoisotopic (exact) mass is 338 g/mol. The number of hydrogen-bond donors (Lipinski definition) is 2. The minimum Gasteiger partial charge on any atom is -0.507 e. The van der Waals surface area contributed by atoms with E-state index >= 15 is 0 Å². The van der Waals surface area contributed by atoms with Crippen molar-refractivity contribution in [3.8, 4) is 17.2 Å². The Labute approximate surface area is 120 Å². The lowest BCUT2D eigenvalue weighted by Crippen LogP contribution is -2.29. The maximum absolute atomic E-state index is 12.3. The molecule has 0 aromatic heterocycles. The van der Waals surface area contributed by atoms with Crippen LogP contribution in [-0.2, 0) is 10.1 Å². The molecule has 0 saturated heterocycles. The smallest absolute Gasteiger partial charge is 0.507 e. The molecular formula is C11H5F3O7S. The van der Waals surface area contributed by atoms with Gasteiger partial charge in [0.05, 0.1) is 11.1 Å². The minimum absolute atomic E-state index is 0.393. The van der Waals surface area contributed by atoms with E-state index in [1.807, 2.05) is 0 Å². The van der Waals surface area contributed by atoms with Gasteiger partial charge in [0, 0.05) is 6.07 Å². The molecule has 118 valence electrons. The van der Waals surface area contributed by atoms with Crippen LogP contribution in [0.5, 0.6) is 17.2 Å². The van der Waals surface area contributed by atoms with Crippen molar-refractivity contribution in [2.45, 2.75) is 5.51 Å². The van der Waals surface area contributed by atoms with Gasteiger partial charge in [0.15, 0.2) is 23.1 Å². The molecule has 0 atom stereocenters. The van der Waals surface area contributed by atoms with Crippen LogP contribution in [0.2, 0.25) is 0 Å². The molecule has 1 aromatic rings. The van der Waals surface area contributed by atoms with Gasteiger partial charge in [0.1, 0.15) is 5.75 Å². The highest BCUT2D eigenvalue weighted by Crippen LogP contribution is 2.42. The van der Waals surface area contributed by atoms with E-state index in [1.165, 1.54) is 0 Å². The molecule has 11 heteroatoms. The van der Waals surface area contributed by atoms with Crippen molar-refractivity contribution in [1.82, 2.24) is 0 Å². The summed E-state index contributed by atoms with van der Waals surface area (Å²) in [6.45, 7) is 0. The van der Waals surface area contributed by atoms with Gasteiger partial charge in [-0.3, -0.25) is 9.59 Å². The molecule has 0 fully saturated rings. The number of hydrogen-bond acceptors (Lipinski definition) is 7. The number of ketones is 2. The van der Waals surface area contributed by atoms with Gasteiger partial charge in [0.2, 0.25) is 0 Å². The molecule has 0 amide bonds. The van der Waals surface area contributed by atoms with Gasteiger partial charge in [-0.2, -0.15) is 21.6 Å². The van der Waals surface area contributed by atoms with Gasteiger partial charge < -0.3 is 14.4 Å². The van der Waals surface area contributed by atoms with Crippen molar-refractivity contribution in [1.29, 1.82) is 0 Å². The zero-order valence-electron chi connectivity index (χ0n) is 10.2. The predicted molar refractivity (Wildman–Crippen MR) is 63.2 cm³/mol. The van der Waals surface area contributed by atoms with Crippen LogP contribution < -0.4 is 4.18 Å². The molecule has 0 spiro atoms. The van der Waals surface area contributed by atoms with E-state index in [4.69, 9.17) is 0 Å². The molecule has 7 nitrogen and oxygen atoms in total. The number of alkyl halides is 3. The molecule has 1 aromatic carbocycles. The summed E-state index contributed by atoms with van der Waals surface area (Å²) in [7, 11) is -6.19. The third-order valence-corrected chi connectivity index (χ3v) is 3.55. The molecule has 0 unspecified atom stereocenters. The predicted octanol–water partition coefficient (Wildman–Crippen LogP) is 1.26. The molecule has 0 radical (unpaired) electrons. The highest BCUT2D eigenvalue weighted by Gasteiger charge is 2.49. The fourth-order valence-corrected chi connectivity index (χ4v) is 2.16. The number of phenols is 2. The maximum Gasteiger partial charge on any atom is 0.534 e. The van der Waals surface area contributed by atoms with Crippen LogP contribution in [0.15, 0.2) is 18.2 Å². The Morgan fingerprint density at radius 3 is 1.95 bits per heavy atom. The van der Waals surface area contributed by atoms with E-state index in [1.54, 1.807) is 0 Å². The number of benzene rings is 1. The van der Waals surface area contributed by atoms with Gasteiger partial charge >= 0.3 is 15.6 Å². The summed E-state index contributed by atoms with van der Waals surface area (Å²) in [5.41, 5.74) is -7.56. The zero-order chi connectivity index (χ0) is 16.9. The second kappa shape index (κ2) is 4.73. The van der Waals surface area contributed by atoms with Crippen LogP contribution in [0.1, 0.15) is 20.7 Å². The first-order chi connectivity index (χ1) is 9.95. The third-order valence-electron chi connectivity index (χ3n) is 2.59. The summed E-state index contributed by atoms with van der Waals surface area (Å²) < 4.78 is 62.7. The van der Waals surface area contributed by atoms with Crippen molar-refractivity contribution in [3.63, 3.8) is 0 Å². The SMILES string of the molecule is O=C1C=CC(=O)c2c(OS(=O)(=O)C(F)(F)F)c(O)cc(O)c21. The van der Waals surface area contributed by atoms with Gasteiger partial charge in [-0.25, -0.2) is 0 Å². The van der Waals surface area contributed by atoms with Gasteiger partial charge in [-0.05, 0) is 12.2 Å². The average molecular weight is 338 g/mol. The summed E-state index contributed by atoms with van der Waals surface area (Å²) in [5, 5.41) is 19.0. The number of aromatic hydroxyl groups is 2. The van der Waals surface area contributed by atoms with E-state index in [0.29, 0.717) is 12.1 Å². The van der Waals surface area contributed by atoms with Crippen molar-refractivity contribution >= 4 is 21.7 Å². The van der Waals surface area contributed by atoms with Gasteiger partial charge in [0.25, 0.3) is 0 Å². The molecule has 1 aliphatic rings. The summed E-state index contributed by atoms with van der Waals surface area (Å²) >= 11 is 0. The molecule has 22 heavy (non-hydrogen) atoms. The Hall–Kier alpha value is -2.56. The van der Waals surface area contributed by atoms with Crippen molar-refractivity contribution in [2.75, 3.05) is 0 Å². The van der Waals surface area contributed by atoms with Gasteiger partial charge in [-0.15, -0.1) is 0 Å². The summed E-state index contributed by atoms with van der Waals surface area (Å²) in [4.78, 5) is 23.2. The highest BCUT2D eigenvalue weighted by atomic mass is 32.2. The first-order valence-electron chi connectivity index (χ1n) is 5.32. The number of phenolic OH excluding ortho intramolecular Hbond substituents is 2. The summed E-state index contributed by atoms with van der Waals surface area (Å²) in [6, 6.07) is 0.393. The van der Waals surface area contributed by atoms with Crippen molar-refractivity contribution in [3.05, 3.63) is 29.3 Å². The van der Waals surface area contributed by atoms with E-state index in [2.05, 4.69) is 4.18 Å². The number of halogens is 3. The lowest BCUT2D eigenvalue weighted by Gasteiger charge is -2.17. The Morgan fingerprint density at radius 1 is 0.955 bits per heavy atom. The fraction of sp³-hybridized carbons (Fsp3) is 0.0909. The molecular weight excluding hydrogens is 333 g/mol. The molecule has 1 aliphatic carbocycles. The first-order valence-corrected chi connectivity index (χ1v) is 6.73. The van der Waals surface area contributed by atoms with Crippen LogP contribution >= 0.6 is 0 Å². The second-order valence-corrected chi connectivity index (χ2v) is 5.58. The topological polar surface area (TPSA) is 118 Å². The molecule has 2 N–H and O–H groups in total. The number of fused-ring (bicyclic) bond motifs is 1. The normalized spacial score (nSPS) is 14.9. The van der Waals surface area contributed by atoms with Crippen molar-refractivity contribution < 1.29 is 45.6 Å². The Morgan fingerprint density at radius 2 is 1.45 bits per heavy atom. The molecule has 0 bridgehead atoms. The lowest BCUT2D eigenvalue weighted by molar-refractivity contribution is -0.0500. The molecule has 2 rings (SSSR count). The average Bonchev–Trinajstić information content (AvgIpc) is 2.36. The van der Waals surface area contributed by atoms with Crippen LogP contribution in [0.3, 0.4) is 0 Å². The van der Waals surface area contributed by atoms with Crippen LogP contribution in [0, 0.1) is 0 Å². The van der Waals surface area contributed by atoms with E-state index in [9.17, 15) is 41.4 Å². The largest absolute Gasteiger partial charge is 0.534 e. The van der Waals surface area contributed by atoms with E-state index in [0.717, 1.165) is 6.08 Å². The van der Waals surface area contributed by atoms with E-state index in [-0.39, 0.29) is 0 Å². The highest BCUT2D eigenvalue weighted by molar-refractivity contribution is 7.88. The standard InChI is InChI=1S/C11H5F3O7S/c12-11(13,14)22(19,20)21-10-7(18)3-6(17)8-4(15)1-2-5(16)9(8)10/h1-3,17-18H. The zero-order valence-corrected chi connectivity index (χ0v) is 11.0. The molecule has 0 heterocycles. The maximum atomic E-state index is 12.3. The van der Waals surface area contributed by atoms with Crippen LogP contribution in [0.4, 0.5) is 13.2 Å².